The van der Waals surface area contributed by atoms with Crippen molar-refractivity contribution in [1.82, 2.24) is 10.2 Å². The van der Waals surface area contributed by atoms with E-state index in [0.29, 0.717) is 0 Å². The number of rotatable bonds is 3. The van der Waals surface area contributed by atoms with Gasteiger partial charge in [-0.1, -0.05) is 23.1 Å². The highest BCUT2D eigenvalue weighted by Crippen LogP contribution is 2.32. The molecule has 0 aliphatic carbocycles. The molecule has 1 aromatic carbocycles. The second kappa shape index (κ2) is 4.84. The molecule has 0 atom stereocenters. The number of primary sulfonamides is 1. The number of nitrogens with two attached hydrogens (primary N) is 2. The molecule has 0 bridgehead atoms. The minimum absolute atomic E-state index is 0.0692. The Bertz CT molecular complexity index is 681. The van der Waals surface area contributed by atoms with Crippen molar-refractivity contribution in [2.24, 2.45) is 5.14 Å². The van der Waals surface area contributed by atoms with Crippen molar-refractivity contribution < 1.29 is 8.42 Å². The summed E-state index contributed by atoms with van der Waals surface area (Å²) in [6.07, 6.45) is 0. The standard InChI is InChI=1S/C9H10N4O2S3/c1-5-12-13-9(16-5)17-6-2-3-8(7(10)4-6)18(11,14)15/h2-4H,10H2,1H3,(H2,11,14,15). The van der Waals surface area contributed by atoms with Gasteiger partial charge < -0.3 is 5.73 Å². The molecule has 2 aromatic rings. The number of hydrogen-bond donors (Lipinski definition) is 2. The van der Waals surface area contributed by atoms with Crippen LogP contribution in [-0.2, 0) is 10.0 Å². The van der Waals surface area contributed by atoms with Crippen LogP contribution in [0.15, 0.2) is 32.3 Å². The summed E-state index contributed by atoms with van der Waals surface area (Å²) < 4.78 is 23.2. The number of aryl methyl sites for hydroxylation is 1. The quantitative estimate of drug-likeness (QED) is 0.825. The molecule has 0 amide bonds. The third kappa shape index (κ3) is 2.99. The van der Waals surface area contributed by atoms with Gasteiger partial charge in [-0.05, 0) is 25.1 Å². The molecule has 6 nitrogen and oxygen atoms in total. The summed E-state index contributed by atoms with van der Waals surface area (Å²) in [5.41, 5.74) is 5.79. The van der Waals surface area contributed by atoms with E-state index < -0.39 is 10.0 Å². The lowest BCUT2D eigenvalue weighted by Gasteiger charge is -2.04. The number of nitrogens with zero attached hydrogens (tertiary/aromatic N) is 2. The van der Waals surface area contributed by atoms with Gasteiger partial charge in [-0.3, -0.25) is 0 Å². The first-order valence-corrected chi connectivity index (χ1v) is 7.94. The average molecular weight is 302 g/mol. The molecule has 1 heterocycles. The third-order valence-corrected chi connectivity index (χ3v) is 4.86. The predicted octanol–water partition coefficient (Wildman–Crippen LogP) is 1.23. The Kier molecular flexibility index (Phi) is 3.57. The molecular formula is C9H10N4O2S3. The molecule has 9 heteroatoms. The predicted molar refractivity (Wildman–Crippen MR) is 71.0 cm³/mol. The highest BCUT2D eigenvalue weighted by atomic mass is 32.2. The second-order valence-corrected chi connectivity index (χ2v) is 7.47. The van der Waals surface area contributed by atoms with Gasteiger partial charge in [0.05, 0.1) is 5.69 Å². The van der Waals surface area contributed by atoms with Crippen LogP contribution in [0.1, 0.15) is 5.01 Å². The molecule has 96 valence electrons. The van der Waals surface area contributed by atoms with Crippen LogP contribution in [0.4, 0.5) is 5.69 Å². The fourth-order valence-corrected chi connectivity index (χ4v) is 3.75. The summed E-state index contributed by atoms with van der Waals surface area (Å²) in [5, 5.41) is 13.7. The van der Waals surface area contributed by atoms with Crippen LogP contribution in [-0.4, -0.2) is 18.6 Å². The van der Waals surface area contributed by atoms with Crippen LogP contribution in [0.25, 0.3) is 0 Å². The lowest BCUT2D eigenvalue weighted by molar-refractivity contribution is 0.598. The molecule has 2 rings (SSSR count). The molecule has 4 N–H and O–H groups in total. The molecule has 0 fully saturated rings. The van der Waals surface area contributed by atoms with Crippen molar-refractivity contribution in [1.29, 1.82) is 0 Å². The van der Waals surface area contributed by atoms with E-state index in [9.17, 15) is 8.42 Å². The van der Waals surface area contributed by atoms with Crippen molar-refractivity contribution in [3.8, 4) is 0 Å². The topological polar surface area (TPSA) is 112 Å². The van der Waals surface area contributed by atoms with Crippen LogP contribution in [0.5, 0.6) is 0 Å². The Balaban J connectivity index is 2.30. The second-order valence-electron chi connectivity index (χ2n) is 3.43. The van der Waals surface area contributed by atoms with Crippen molar-refractivity contribution in [3.05, 3.63) is 23.2 Å². The molecule has 0 aliphatic heterocycles. The van der Waals surface area contributed by atoms with Gasteiger partial charge in [0, 0.05) is 4.90 Å². The summed E-state index contributed by atoms with van der Waals surface area (Å²) in [7, 11) is -3.78. The van der Waals surface area contributed by atoms with Gasteiger partial charge >= 0.3 is 0 Å². The van der Waals surface area contributed by atoms with Crippen LogP contribution >= 0.6 is 23.1 Å². The van der Waals surface area contributed by atoms with Crippen LogP contribution < -0.4 is 10.9 Å². The van der Waals surface area contributed by atoms with Gasteiger partial charge in [0.15, 0.2) is 4.34 Å². The van der Waals surface area contributed by atoms with Gasteiger partial charge in [-0.2, -0.15) is 0 Å². The number of anilines is 1. The molecule has 0 radical (unpaired) electrons. The van der Waals surface area contributed by atoms with E-state index >= 15 is 0 Å². The SMILES string of the molecule is Cc1nnc(Sc2ccc(S(N)(=O)=O)c(N)c2)s1. The zero-order chi connectivity index (χ0) is 13.3. The zero-order valence-corrected chi connectivity index (χ0v) is 11.8. The van der Waals surface area contributed by atoms with Gasteiger partial charge in [-0.25, -0.2) is 13.6 Å². The molecule has 18 heavy (non-hydrogen) atoms. The molecule has 0 spiro atoms. The van der Waals surface area contributed by atoms with Gasteiger partial charge in [-0.15, -0.1) is 10.2 Å². The molecule has 0 aliphatic rings. The van der Waals surface area contributed by atoms with Crippen molar-refractivity contribution in [3.63, 3.8) is 0 Å². The Hall–Kier alpha value is -1.16. The van der Waals surface area contributed by atoms with Crippen LogP contribution in [0.2, 0.25) is 0 Å². The largest absolute Gasteiger partial charge is 0.398 e. The van der Waals surface area contributed by atoms with Crippen LogP contribution in [0, 0.1) is 6.92 Å². The summed E-state index contributed by atoms with van der Waals surface area (Å²) in [6.45, 7) is 1.86. The minimum atomic E-state index is -3.78. The van der Waals surface area contributed by atoms with E-state index in [-0.39, 0.29) is 10.6 Å². The van der Waals surface area contributed by atoms with E-state index in [4.69, 9.17) is 10.9 Å². The van der Waals surface area contributed by atoms with Gasteiger partial charge in [0.2, 0.25) is 10.0 Å². The number of sulfonamides is 1. The normalized spacial score (nSPS) is 11.7. The first kappa shape index (κ1) is 13.3. The Morgan fingerprint density at radius 3 is 2.56 bits per heavy atom. The Morgan fingerprint density at radius 1 is 1.33 bits per heavy atom. The van der Waals surface area contributed by atoms with E-state index in [1.54, 1.807) is 12.1 Å². The molecule has 1 aromatic heterocycles. The van der Waals surface area contributed by atoms with Crippen molar-refractivity contribution in [2.45, 2.75) is 21.1 Å². The van der Waals surface area contributed by atoms with Crippen molar-refractivity contribution >= 4 is 38.8 Å². The number of benzene rings is 1. The maximum atomic E-state index is 11.2. The molecule has 0 saturated heterocycles. The monoisotopic (exact) mass is 302 g/mol. The average Bonchev–Trinajstić information content (AvgIpc) is 2.62. The summed E-state index contributed by atoms with van der Waals surface area (Å²) in [5.74, 6) is 0. The van der Waals surface area contributed by atoms with E-state index in [1.165, 1.54) is 29.2 Å². The van der Waals surface area contributed by atoms with Crippen molar-refractivity contribution in [2.75, 3.05) is 5.73 Å². The maximum Gasteiger partial charge on any atom is 0.240 e. The van der Waals surface area contributed by atoms with Gasteiger partial charge in [0.1, 0.15) is 9.90 Å². The third-order valence-electron chi connectivity index (χ3n) is 2.00. The Morgan fingerprint density at radius 2 is 2.06 bits per heavy atom. The first-order valence-electron chi connectivity index (χ1n) is 4.76. The molecule has 0 saturated carbocycles. The first-order chi connectivity index (χ1) is 8.36. The number of aromatic nitrogens is 2. The summed E-state index contributed by atoms with van der Waals surface area (Å²) in [6, 6.07) is 4.58. The summed E-state index contributed by atoms with van der Waals surface area (Å²) >= 11 is 2.83. The zero-order valence-electron chi connectivity index (χ0n) is 9.32. The fourth-order valence-electron chi connectivity index (χ4n) is 1.27. The highest BCUT2D eigenvalue weighted by Gasteiger charge is 2.13. The Labute approximate surface area is 112 Å². The lowest BCUT2D eigenvalue weighted by atomic mass is 10.3. The number of nitrogen functional groups attached to an aromatic ring is 1. The number of hydrogen-bond acceptors (Lipinski definition) is 7. The van der Waals surface area contributed by atoms with E-state index in [1.807, 2.05) is 6.92 Å². The van der Waals surface area contributed by atoms with Gasteiger partial charge in [0.25, 0.3) is 0 Å². The van der Waals surface area contributed by atoms with E-state index in [2.05, 4.69) is 10.2 Å². The molecule has 0 unspecified atom stereocenters. The smallest absolute Gasteiger partial charge is 0.240 e. The minimum Gasteiger partial charge on any atom is -0.398 e. The fraction of sp³-hybridized carbons (Fsp3) is 0.111. The van der Waals surface area contributed by atoms with E-state index in [0.717, 1.165) is 14.2 Å². The lowest BCUT2D eigenvalue weighted by Crippen LogP contribution is -2.14. The molecular weight excluding hydrogens is 292 g/mol. The summed E-state index contributed by atoms with van der Waals surface area (Å²) in [4.78, 5) is 0.719. The van der Waals surface area contributed by atoms with Crippen LogP contribution in [0.3, 0.4) is 0 Å². The maximum absolute atomic E-state index is 11.2. The highest BCUT2D eigenvalue weighted by molar-refractivity contribution is 8.01.